The van der Waals surface area contributed by atoms with Crippen molar-refractivity contribution < 1.29 is 9.31 Å². The first kappa shape index (κ1) is 13.9. The molecular formula is C14H19FN2O2. The molecule has 1 saturated carbocycles. The van der Waals surface area contributed by atoms with Crippen LogP contribution in [-0.2, 0) is 6.42 Å². The number of hydrogen-bond donors (Lipinski definition) is 1. The topological polar surface area (TPSA) is 55.2 Å². The molecule has 1 N–H and O–H groups in total. The first-order valence-corrected chi connectivity index (χ1v) is 6.78. The number of nitro groups is 1. The van der Waals surface area contributed by atoms with Crippen LogP contribution in [0.4, 0.5) is 10.1 Å². The van der Waals surface area contributed by atoms with Gasteiger partial charge in [-0.2, -0.15) is 0 Å². The van der Waals surface area contributed by atoms with E-state index in [0.29, 0.717) is 17.9 Å². The maximum Gasteiger partial charge on any atom is 0.275 e. The van der Waals surface area contributed by atoms with Crippen molar-refractivity contribution in [3.05, 3.63) is 39.7 Å². The summed E-state index contributed by atoms with van der Waals surface area (Å²) in [6.07, 6.45) is 3.99. The van der Waals surface area contributed by atoms with Gasteiger partial charge in [-0.15, -0.1) is 0 Å². The van der Waals surface area contributed by atoms with Gasteiger partial charge >= 0.3 is 0 Å². The van der Waals surface area contributed by atoms with Crippen molar-refractivity contribution in [3.8, 4) is 0 Å². The number of nitrogens with zero attached hydrogens (tertiary/aromatic N) is 1. The molecule has 0 heterocycles. The van der Waals surface area contributed by atoms with E-state index in [-0.39, 0.29) is 11.7 Å². The van der Waals surface area contributed by atoms with Crippen LogP contribution in [0, 0.1) is 21.8 Å². The van der Waals surface area contributed by atoms with E-state index in [9.17, 15) is 14.5 Å². The Morgan fingerprint density at radius 2 is 2.26 bits per heavy atom. The molecule has 1 aromatic carbocycles. The molecule has 0 aromatic heterocycles. The Balaban J connectivity index is 2.13. The molecule has 1 aliphatic carbocycles. The lowest BCUT2D eigenvalue weighted by Gasteiger charge is -2.18. The highest BCUT2D eigenvalue weighted by molar-refractivity contribution is 5.41. The van der Waals surface area contributed by atoms with E-state index in [0.717, 1.165) is 19.0 Å². The van der Waals surface area contributed by atoms with Crippen LogP contribution in [0.15, 0.2) is 18.2 Å². The smallest absolute Gasteiger partial charge is 0.275 e. The van der Waals surface area contributed by atoms with Crippen LogP contribution in [0.2, 0.25) is 0 Å². The average Bonchev–Trinajstić information content (AvgIpc) is 3.20. The second-order valence-electron chi connectivity index (χ2n) is 5.13. The minimum absolute atomic E-state index is 0.107. The van der Waals surface area contributed by atoms with Gasteiger partial charge in [0.25, 0.3) is 5.69 Å². The van der Waals surface area contributed by atoms with Crippen LogP contribution >= 0.6 is 0 Å². The highest BCUT2D eigenvalue weighted by atomic mass is 19.1. The maximum absolute atomic E-state index is 13.1. The van der Waals surface area contributed by atoms with Crippen LogP contribution < -0.4 is 5.32 Å². The lowest BCUT2D eigenvalue weighted by Crippen LogP contribution is -2.33. The van der Waals surface area contributed by atoms with Crippen LogP contribution in [0.5, 0.6) is 0 Å². The molecule has 1 aromatic rings. The standard InChI is InChI=1S/C14H19FN2O2/c1-2-7-16-13(10-3-4-10)8-11-5-6-12(15)9-14(11)17(18)19/h5-6,9-10,13,16H,2-4,7-8H2,1H3. The third-order valence-corrected chi connectivity index (χ3v) is 3.53. The molecule has 4 nitrogen and oxygen atoms in total. The number of hydrogen-bond acceptors (Lipinski definition) is 3. The summed E-state index contributed by atoms with van der Waals surface area (Å²) >= 11 is 0. The molecule has 19 heavy (non-hydrogen) atoms. The van der Waals surface area contributed by atoms with E-state index < -0.39 is 10.7 Å². The van der Waals surface area contributed by atoms with Crippen molar-refractivity contribution >= 4 is 5.69 Å². The van der Waals surface area contributed by atoms with Gasteiger partial charge in [0.1, 0.15) is 5.82 Å². The first-order valence-electron chi connectivity index (χ1n) is 6.78. The molecule has 5 heteroatoms. The predicted octanol–water partition coefficient (Wildman–Crippen LogP) is 3.05. The zero-order valence-electron chi connectivity index (χ0n) is 11.1. The van der Waals surface area contributed by atoms with Gasteiger partial charge in [-0.1, -0.05) is 6.92 Å². The summed E-state index contributed by atoms with van der Waals surface area (Å²) in [4.78, 5) is 10.5. The van der Waals surface area contributed by atoms with Gasteiger partial charge in [-0.05, 0) is 50.3 Å². The quantitative estimate of drug-likeness (QED) is 0.609. The molecule has 104 valence electrons. The highest BCUT2D eigenvalue weighted by Gasteiger charge is 2.32. The molecule has 1 atom stereocenters. The number of benzene rings is 1. The van der Waals surface area contributed by atoms with E-state index >= 15 is 0 Å². The normalized spacial score (nSPS) is 16.3. The number of halogens is 1. The average molecular weight is 266 g/mol. The molecule has 0 bridgehead atoms. The summed E-state index contributed by atoms with van der Waals surface area (Å²) < 4.78 is 13.1. The number of nitro benzene ring substituents is 1. The summed E-state index contributed by atoms with van der Waals surface area (Å²) in [5.41, 5.74) is 0.510. The molecule has 1 fully saturated rings. The van der Waals surface area contributed by atoms with Gasteiger partial charge in [-0.25, -0.2) is 4.39 Å². The molecule has 0 saturated heterocycles. The van der Waals surface area contributed by atoms with Gasteiger partial charge in [0, 0.05) is 11.6 Å². The molecule has 0 radical (unpaired) electrons. The van der Waals surface area contributed by atoms with E-state index in [1.54, 1.807) is 0 Å². The molecule has 0 amide bonds. The lowest BCUT2D eigenvalue weighted by atomic mass is 10.0. The zero-order valence-corrected chi connectivity index (χ0v) is 11.1. The van der Waals surface area contributed by atoms with Gasteiger partial charge in [0.2, 0.25) is 0 Å². The Labute approximate surface area is 112 Å². The second-order valence-corrected chi connectivity index (χ2v) is 5.13. The third-order valence-electron chi connectivity index (χ3n) is 3.53. The van der Waals surface area contributed by atoms with Crippen LogP contribution in [-0.4, -0.2) is 17.5 Å². The summed E-state index contributed by atoms with van der Waals surface area (Å²) in [7, 11) is 0. The molecule has 0 spiro atoms. The molecule has 1 unspecified atom stereocenters. The van der Waals surface area contributed by atoms with Gasteiger partial charge in [-0.3, -0.25) is 10.1 Å². The monoisotopic (exact) mass is 266 g/mol. The van der Waals surface area contributed by atoms with Gasteiger partial charge < -0.3 is 5.32 Å². The van der Waals surface area contributed by atoms with Crippen molar-refractivity contribution in [2.24, 2.45) is 5.92 Å². The largest absolute Gasteiger partial charge is 0.313 e. The van der Waals surface area contributed by atoms with Gasteiger partial charge in [0.05, 0.1) is 11.0 Å². The summed E-state index contributed by atoms with van der Waals surface area (Å²) in [6, 6.07) is 4.12. The molecule has 0 aliphatic heterocycles. The predicted molar refractivity (Wildman–Crippen MR) is 71.6 cm³/mol. The fourth-order valence-electron chi connectivity index (χ4n) is 2.35. The van der Waals surface area contributed by atoms with Crippen molar-refractivity contribution in [2.75, 3.05) is 6.54 Å². The van der Waals surface area contributed by atoms with E-state index in [1.165, 1.54) is 25.0 Å². The zero-order chi connectivity index (χ0) is 13.8. The fourth-order valence-corrected chi connectivity index (χ4v) is 2.35. The minimum atomic E-state index is -0.556. The molecule has 2 rings (SSSR count). The van der Waals surface area contributed by atoms with Crippen molar-refractivity contribution in [1.29, 1.82) is 0 Å². The number of nitrogens with one attached hydrogen (secondary N) is 1. The maximum atomic E-state index is 13.1. The Hall–Kier alpha value is -1.49. The minimum Gasteiger partial charge on any atom is -0.313 e. The SMILES string of the molecule is CCCNC(Cc1ccc(F)cc1[N+](=O)[O-])C1CC1. The Morgan fingerprint density at radius 3 is 2.84 bits per heavy atom. The highest BCUT2D eigenvalue weighted by Crippen LogP contribution is 2.35. The van der Waals surface area contributed by atoms with Crippen LogP contribution in [0.1, 0.15) is 31.7 Å². The summed E-state index contributed by atoms with van der Waals surface area (Å²) in [5, 5.41) is 14.4. The Bertz CT molecular complexity index is 461. The van der Waals surface area contributed by atoms with Crippen molar-refractivity contribution in [1.82, 2.24) is 5.32 Å². The van der Waals surface area contributed by atoms with Crippen LogP contribution in [0.3, 0.4) is 0 Å². The summed E-state index contributed by atoms with van der Waals surface area (Å²) in [6.45, 7) is 3.01. The Morgan fingerprint density at radius 1 is 1.53 bits per heavy atom. The molecule has 1 aliphatic rings. The van der Waals surface area contributed by atoms with E-state index in [2.05, 4.69) is 12.2 Å². The van der Waals surface area contributed by atoms with Crippen LogP contribution in [0.25, 0.3) is 0 Å². The molecular weight excluding hydrogens is 247 g/mol. The second kappa shape index (κ2) is 6.10. The van der Waals surface area contributed by atoms with E-state index in [4.69, 9.17) is 0 Å². The fraction of sp³-hybridized carbons (Fsp3) is 0.571. The lowest BCUT2D eigenvalue weighted by molar-refractivity contribution is -0.385. The third kappa shape index (κ3) is 3.73. The summed E-state index contributed by atoms with van der Waals surface area (Å²) in [5.74, 6) is 0.0520. The van der Waals surface area contributed by atoms with Crippen molar-refractivity contribution in [3.63, 3.8) is 0 Å². The van der Waals surface area contributed by atoms with Crippen molar-refractivity contribution in [2.45, 2.75) is 38.6 Å². The van der Waals surface area contributed by atoms with E-state index in [1.807, 2.05) is 0 Å². The van der Waals surface area contributed by atoms with Gasteiger partial charge in [0.15, 0.2) is 0 Å². The first-order chi connectivity index (χ1) is 9.11. The Kier molecular flexibility index (Phi) is 4.47. The number of rotatable bonds is 7.